The molecule has 0 saturated carbocycles. The maximum atomic E-state index is 5.21. The number of nitrogens with zero attached hydrogens (tertiary/aromatic N) is 1. The number of halogens is 1. The second-order valence-corrected chi connectivity index (χ2v) is 1.68. The van der Waals surface area contributed by atoms with Gasteiger partial charge in [0, 0.05) is 11.6 Å². The molecule has 0 aliphatic carbocycles. The fourth-order valence-electron chi connectivity index (χ4n) is 0.205. The standard InChI is InChI=1S/C5H9ClN/c1-7(2)5-3-4-6/h3-5H,1-2H3/q+1. The summed E-state index contributed by atoms with van der Waals surface area (Å²) in [6.07, 6.45) is 3.63. The SMILES string of the molecule is C[N+](C)=CC=CCl. The molecule has 0 rings (SSSR count). The number of hydrogen-bond acceptors (Lipinski definition) is 0. The third kappa shape index (κ3) is 5.70. The Morgan fingerprint density at radius 2 is 2.00 bits per heavy atom. The summed E-state index contributed by atoms with van der Waals surface area (Å²) in [5.41, 5.74) is 1.47. The van der Waals surface area contributed by atoms with Crippen molar-refractivity contribution in [1.29, 1.82) is 0 Å². The van der Waals surface area contributed by atoms with Gasteiger partial charge in [-0.2, -0.15) is 0 Å². The Balaban J connectivity index is 3.46. The van der Waals surface area contributed by atoms with Gasteiger partial charge in [0.05, 0.1) is 0 Å². The molecule has 0 unspecified atom stereocenters. The quantitative estimate of drug-likeness (QED) is 0.358. The first kappa shape index (κ1) is 6.70. The lowest BCUT2D eigenvalue weighted by Gasteiger charge is -1.74. The molecule has 0 aliphatic heterocycles. The molecule has 0 aliphatic rings. The van der Waals surface area contributed by atoms with Crippen molar-refractivity contribution < 1.29 is 4.58 Å². The van der Waals surface area contributed by atoms with Gasteiger partial charge < -0.3 is 0 Å². The highest BCUT2D eigenvalue weighted by molar-refractivity contribution is 6.26. The van der Waals surface area contributed by atoms with Gasteiger partial charge in [0.25, 0.3) is 0 Å². The van der Waals surface area contributed by atoms with Crippen LogP contribution in [0.2, 0.25) is 0 Å². The van der Waals surface area contributed by atoms with Crippen molar-refractivity contribution in [1.82, 2.24) is 0 Å². The number of allylic oxidation sites excluding steroid dienone is 1. The molecule has 0 spiro atoms. The molecule has 2 heteroatoms. The molecule has 0 bridgehead atoms. The lowest BCUT2D eigenvalue weighted by molar-refractivity contribution is -0.458. The van der Waals surface area contributed by atoms with Crippen molar-refractivity contribution in [2.75, 3.05) is 14.1 Å². The third-order valence-electron chi connectivity index (χ3n) is 0.457. The van der Waals surface area contributed by atoms with E-state index in [2.05, 4.69) is 0 Å². The predicted octanol–water partition coefficient (Wildman–Crippen LogP) is 1.08. The van der Waals surface area contributed by atoms with Gasteiger partial charge in [-0.1, -0.05) is 11.6 Å². The van der Waals surface area contributed by atoms with Gasteiger partial charge in [-0.3, -0.25) is 0 Å². The zero-order valence-electron chi connectivity index (χ0n) is 4.56. The number of rotatable bonds is 1. The average molecular weight is 119 g/mol. The third-order valence-corrected chi connectivity index (χ3v) is 0.602. The van der Waals surface area contributed by atoms with Crippen molar-refractivity contribution in [3.63, 3.8) is 0 Å². The molecule has 1 nitrogen and oxygen atoms in total. The van der Waals surface area contributed by atoms with Crippen LogP contribution in [0.3, 0.4) is 0 Å². The van der Waals surface area contributed by atoms with Crippen LogP contribution in [-0.4, -0.2) is 24.9 Å². The molecule has 0 saturated heterocycles. The van der Waals surface area contributed by atoms with Crippen LogP contribution < -0.4 is 0 Å². The minimum atomic E-state index is 1.47. The Hall–Kier alpha value is -0.300. The smallest absolute Gasteiger partial charge is 0.163 e. The van der Waals surface area contributed by atoms with E-state index in [0.717, 1.165) is 0 Å². The maximum absolute atomic E-state index is 5.21. The molecule has 0 aromatic heterocycles. The van der Waals surface area contributed by atoms with E-state index in [4.69, 9.17) is 11.6 Å². The van der Waals surface area contributed by atoms with Crippen LogP contribution in [0.5, 0.6) is 0 Å². The first-order valence-electron chi connectivity index (χ1n) is 2.04. The average Bonchev–Trinajstić information content (AvgIpc) is 1.61. The van der Waals surface area contributed by atoms with Crippen LogP contribution >= 0.6 is 11.6 Å². The van der Waals surface area contributed by atoms with Gasteiger partial charge in [-0.15, -0.1) is 0 Å². The zero-order valence-corrected chi connectivity index (χ0v) is 5.31. The molecule has 0 N–H and O–H groups in total. The molecular formula is C5H9ClN+. The summed E-state index contributed by atoms with van der Waals surface area (Å²) in [4.78, 5) is 0. The first-order chi connectivity index (χ1) is 3.27. The van der Waals surface area contributed by atoms with E-state index < -0.39 is 0 Å². The Morgan fingerprint density at radius 3 is 2.14 bits per heavy atom. The molecule has 7 heavy (non-hydrogen) atoms. The monoisotopic (exact) mass is 118 g/mol. The molecule has 0 amide bonds. The van der Waals surface area contributed by atoms with E-state index in [0.29, 0.717) is 0 Å². The highest BCUT2D eigenvalue weighted by Crippen LogP contribution is 1.71. The summed E-state index contributed by atoms with van der Waals surface area (Å²) in [7, 11) is 3.88. The lowest BCUT2D eigenvalue weighted by atomic mass is 10.7. The van der Waals surface area contributed by atoms with Crippen LogP contribution in [-0.2, 0) is 0 Å². The van der Waals surface area contributed by atoms with Crippen molar-refractivity contribution in [3.05, 3.63) is 11.6 Å². The Kier molecular flexibility index (Phi) is 3.71. The van der Waals surface area contributed by atoms with Gasteiger partial charge in [0.1, 0.15) is 14.1 Å². The normalized spacial score (nSPS) is 9.57. The van der Waals surface area contributed by atoms with Gasteiger partial charge in [0.15, 0.2) is 6.21 Å². The van der Waals surface area contributed by atoms with Gasteiger partial charge >= 0.3 is 0 Å². The van der Waals surface area contributed by atoms with Crippen LogP contribution in [0.25, 0.3) is 0 Å². The van der Waals surface area contributed by atoms with Crippen LogP contribution in [0.4, 0.5) is 0 Å². The summed E-state index contributed by atoms with van der Waals surface area (Å²) in [6.45, 7) is 0. The minimum Gasteiger partial charge on any atom is -0.241 e. The van der Waals surface area contributed by atoms with E-state index in [1.54, 1.807) is 6.08 Å². The van der Waals surface area contributed by atoms with Crippen LogP contribution in [0.1, 0.15) is 0 Å². The summed E-state index contributed by atoms with van der Waals surface area (Å²) in [5.74, 6) is 0. The van der Waals surface area contributed by atoms with Crippen LogP contribution in [0.15, 0.2) is 11.6 Å². The van der Waals surface area contributed by atoms with Crippen molar-refractivity contribution in [3.8, 4) is 0 Å². The molecule has 0 aromatic rings. The van der Waals surface area contributed by atoms with E-state index in [1.807, 2.05) is 24.9 Å². The first-order valence-corrected chi connectivity index (χ1v) is 2.47. The topological polar surface area (TPSA) is 3.01 Å². The number of hydrogen-bond donors (Lipinski definition) is 0. The summed E-state index contributed by atoms with van der Waals surface area (Å²) >= 11 is 5.21. The molecule has 0 radical (unpaired) electrons. The van der Waals surface area contributed by atoms with Gasteiger partial charge in [-0.25, -0.2) is 4.58 Å². The largest absolute Gasteiger partial charge is 0.241 e. The molecule has 0 aromatic carbocycles. The van der Waals surface area contributed by atoms with Crippen molar-refractivity contribution in [2.45, 2.75) is 0 Å². The molecular weight excluding hydrogens is 110 g/mol. The summed E-state index contributed by atoms with van der Waals surface area (Å²) in [6, 6.07) is 0. The van der Waals surface area contributed by atoms with E-state index >= 15 is 0 Å². The Morgan fingerprint density at radius 1 is 1.43 bits per heavy atom. The highest BCUT2D eigenvalue weighted by atomic mass is 35.5. The van der Waals surface area contributed by atoms with Crippen LogP contribution in [0, 0.1) is 0 Å². The van der Waals surface area contributed by atoms with Crippen molar-refractivity contribution in [2.24, 2.45) is 0 Å². The van der Waals surface area contributed by atoms with Gasteiger partial charge in [0.2, 0.25) is 0 Å². The van der Waals surface area contributed by atoms with Gasteiger partial charge in [-0.05, 0) is 0 Å². The highest BCUT2D eigenvalue weighted by Gasteiger charge is 1.71. The molecule has 0 atom stereocenters. The summed E-state index contributed by atoms with van der Waals surface area (Å²) < 4.78 is 1.92. The van der Waals surface area contributed by atoms with E-state index in [1.165, 1.54) is 5.54 Å². The fraction of sp³-hybridized carbons (Fsp3) is 0.400. The molecule has 40 valence electrons. The predicted molar refractivity (Wildman–Crippen MR) is 33.2 cm³/mol. The van der Waals surface area contributed by atoms with E-state index in [9.17, 15) is 0 Å². The Labute approximate surface area is 48.9 Å². The molecule has 0 fully saturated rings. The van der Waals surface area contributed by atoms with Crippen molar-refractivity contribution >= 4 is 17.8 Å². The minimum absolute atomic E-state index is 1.47. The summed E-state index contributed by atoms with van der Waals surface area (Å²) in [5, 5.41) is 0. The zero-order chi connectivity index (χ0) is 5.70. The second kappa shape index (κ2) is 3.88. The molecule has 0 heterocycles. The second-order valence-electron chi connectivity index (χ2n) is 1.43. The van der Waals surface area contributed by atoms with E-state index in [-0.39, 0.29) is 0 Å². The maximum Gasteiger partial charge on any atom is 0.163 e. The fourth-order valence-corrected chi connectivity index (χ4v) is 0.270. The lowest BCUT2D eigenvalue weighted by Crippen LogP contribution is -1.94. The Bertz CT molecular complexity index is 90.3.